The Bertz CT molecular complexity index is 949. The van der Waals surface area contributed by atoms with Crippen LogP contribution in [0.3, 0.4) is 0 Å². The van der Waals surface area contributed by atoms with E-state index in [0.29, 0.717) is 28.0 Å². The number of anilines is 3. The summed E-state index contributed by atoms with van der Waals surface area (Å²) in [6.07, 6.45) is 1.31. The largest absolute Gasteiger partial charge is 0.424 e. The average Bonchev–Trinajstić information content (AvgIpc) is 2.93. The van der Waals surface area contributed by atoms with Crippen LogP contribution in [-0.2, 0) is 0 Å². The Labute approximate surface area is 143 Å². The van der Waals surface area contributed by atoms with Gasteiger partial charge in [-0.3, -0.25) is 5.41 Å². The molecule has 0 aliphatic rings. The van der Waals surface area contributed by atoms with Crippen molar-refractivity contribution in [3.8, 4) is 0 Å². The maximum absolute atomic E-state index is 9.47. The van der Waals surface area contributed by atoms with Gasteiger partial charge in [0.25, 0.3) is 6.01 Å². The highest BCUT2D eigenvalue weighted by atomic mass is 16.4. The van der Waals surface area contributed by atoms with Crippen molar-refractivity contribution in [3.63, 3.8) is 0 Å². The Balaban J connectivity index is 2.06. The lowest BCUT2D eigenvalue weighted by Gasteiger charge is -2.25. The Morgan fingerprint density at radius 3 is 2.80 bits per heavy atom. The van der Waals surface area contributed by atoms with Gasteiger partial charge in [0.2, 0.25) is 0 Å². The number of nitrogen functional groups attached to an aromatic ring is 2. The minimum absolute atomic E-state index is 0.0632. The van der Waals surface area contributed by atoms with E-state index in [1.165, 1.54) is 6.33 Å². The van der Waals surface area contributed by atoms with Crippen molar-refractivity contribution in [2.24, 2.45) is 0 Å². The van der Waals surface area contributed by atoms with Gasteiger partial charge < -0.3 is 26.3 Å². The van der Waals surface area contributed by atoms with Crippen LogP contribution in [0.25, 0.3) is 11.1 Å². The molecule has 0 bridgehead atoms. The summed E-state index contributed by atoms with van der Waals surface area (Å²) in [6.45, 7) is 3.50. The van der Waals surface area contributed by atoms with E-state index < -0.39 is 5.54 Å². The van der Waals surface area contributed by atoms with Crippen LogP contribution in [-0.4, -0.2) is 37.9 Å². The molecule has 3 aromatic rings. The summed E-state index contributed by atoms with van der Waals surface area (Å²) in [4.78, 5) is 12.2. The van der Waals surface area contributed by atoms with E-state index in [9.17, 15) is 5.11 Å². The topological polar surface area (TPSA) is 160 Å². The molecule has 25 heavy (non-hydrogen) atoms. The number of rotatable bonds is 5. The van der Waals surface area contributed by atoms with Crippen LogP contribution >= 0.6 is 0 Å². The number of nitrogens with zero attached hydrogens (tertiary/aromatic N) is 3. The second-order valence-corrected chi connectivity index (χ2v) is 6.26. The van der Waals surface area contributed by atoms with E-state index in [-0.39, 0.29) is 24.2 Å². The Hall–Kier alpha value is -3.20. The van der Waals surface area contributed by atoms with Crippen molar-refractivity contribution in [1.29, 1.82) is 5.41 Å². The number of benzene rings is 1. The molecule has 0 aliphatic carbocycles. The molecule has 0 atom stereocenters. The molecule has 0 fully saturated rings. The molecule has 0 amide bonds. The average molecular weight is 341 g/mol. The highest BCUT2D eigenvalue weighted by Crippen LogP contribution is 2.26. The Kier molecular flexibility index (Phi) is 4.01. The van der Waals surface area contributed by atoms with Gasteiger partial charge in [0.05, 0.1) is 23.4 Å². The first kappa shape index (κ1) is 16.7. The number of aromatic nitrogens is 3. The second-order valence-electron chi connectivity index (χ2n) is 6.26. The standard InChI is InChI=1S/C16H19N7O2/c1-16(2,6-24)23-14-11(13(18)20-7-21-14)12(17)8-3-4-10-9(5-8)22-15(19)25-10/h3-5,7,17,24H,6H2,1-2H3,(H2,19,22)(H3,18,20,21,23). The third-order valence-corrected chi connectivity index (χ3v) is 3.67. The predicted molar refractivity (Wildman–Crippen MR) is 95.6 cm³/mol. The minimum atomic E-state index is -0.639. The van der Waals surface area contributed by atoms with Gasteiger partial charge in [-0.05, 0) is 32.0 Å². The van der Waals surface area contributed by atoms with Crippen molar-refractivity contribution in [1.82, 2.24) is 15.0 Å². The number of nitrogens with one attached hydrogen (secondary N) is 2. The molecule has 2 aromatic heterocycles. The molecule has 2 heterocycles. The Morgan fingerprint density at radius 2 is 2.08 bits per heavy atom. The first-order valence-corrected chi connectivity index (χ1v) is 7.55. The van der Waals surface area contributed by atoms with Crippen molar-refractivity contribution in [2.75, 3.05) is 23.4 Å². The van der Waals surface area contributed by atoms with Crippen LogP contribution in [0.15, 0.2) is 28.9 Å². The maximum atomic E-state index is 9.47. The number of nitrogens with two attached hydrogens (primary N) is 2. The highest BCUT2D eigenvalue weighted by Gasteiger charge is 2.23. The zero-order valence-corrected chi connectivity index (χ0v) is 13.9. The van der Waals surface area contributed by atoms with Crippen LogP contribution in [0.2, 0.25) is 0 Å². The fourth-order valence-corrected chi connectivity index (χ4v) is 2.35. The van der Waals surface area contributed by atoms with Gasteiger partial charge in [-0.1, -0.05) is 0 Å². The summed E-state index contributed by atoms with van der Waals surface area (Å²) in [6, 6.07) is 5.15. The molecule has 0 saturated carbocycles. The predicted octanol–water partition coefficient (Wildman–Crippen LogP) is 1.38. The van der Waals surface area contributed by atoms with Gasteiger partial charge in [0.1, 0.15) is 23.5 Å². The number of aliphatic hydroxyl groups is 1. The van der Waals surface area contributed by atoms with Gasteiger partial charge in [0.15, 0.2) is 5.58 Å². The lowest BCUT2D eigenvalue weighted by molar-refractivity contribution is 0.234. The lowest BCUT2D eigenvalue weighted by Crippen LogP contribution is -2.36. The van der Waals surface area contributed by atoms with Gasteiger partial charge in [-0.15, -0.1) is 0 Å². The van der Waals surface area contributed by atoms with E-state index in [4.69, 9.17) is 21.3 Å². The summed E-state index contributed by atoms with van der Waals surface area (Å²) in [5.41, 5.74) is 13.0. The second kappa shape index (κ2) is 6.02. The first-order chi connectivity index (χ1) is 11.8. The molecule has 9 heteroatoms. The summed E-state index contributed by atoms with van der Waals surface area (Å²) >= 11 is 0. The monoisotopic (exact) mass is 341 g/mol. The molecular weight excluding hydrogens is 322 g/mol. The number of hydrogen-bond donors (Lipinski definition) is 5. The summed E-state index contributed by atoms with van der Waals surface area (Å²) in [5, 5.41) is 21.1. The number of oxazole rings is 1. The van der Waals surface area contributed by atoms with E-state index >= 15 is 0 Å². The van der Waals surface area contributed by atoms with Crippen LogP contribution in [0, 0.1) is 5.41 Å². The molecule has 0 aliphatic heterocycles. The lowest BCUT2D eigenvalue weighted by atomic mass is 10.0. The van der Waals surface area contributed by atoms with Crippen molar-refractivity contribution >= 4 is 34.5 Å². The quantitative estimate of drug-likeness (QED) is 0.435. The van der Waals surface area contributed by atoms with E-state index in [2.05, 4.69) is 20.3 Å². The Morgan fingerprint density at radius 1 is 1.32 bits per heavy atom. The van der Waals surface area contributed by atoms with E-state index in [1.807, 2.05) is 13.8 Å². The number of fused-ring (bicyclic) bond motifs is 1. The molecule has 1 aromatic carbocycles. The van der Waals surface area contributed by atoms with Gasteiger partial charge >= 0.3 is 0 Å². The van der Waals surface area contributed by atoms with E-state index in [1.54, 1.807) is 18.2 Å². The molecule has 0 saturated heterocycles. The molecule has 3 rings (SSSR count). The SMILES string of the molecule is CC(C)(CO)Nc1ncnc(N)c1C(=N)c1ccc2oc(N)nc2c1. The molecule has 0 radical (unpaired) electrons. The van der Waals surface area contributed by atoms with Gasteiger partial charge in [-0.25, -0.2) is 9.97 Å². The summed E-state index contributed by atoms with van der Waals surface area (Å²) in [5.74, 6) is 0.535. The zero-order chi connectivity index (χ0) is 18.2. The molecule has 0 unspecified atom stereocenters. The highest BCUT2D eigenvalue weighted by molar-refractivity contribution is 6.17. The van der Waals surface area contributed by atoms with Crippen molar-refractivity contribution in [2.45, 2.75) is 19.4 Å². The van der Waals surface area contributed by atoms with Gasteiger partial charge in [0, 0.05) is 5.56 Å². The van der Waals surface area contributed by atoms with Crippen molar-refractivity contribution in [3.05, 3.63) is 35.7 Å². The normalized spacial score (nSPS) is 11.6. The van der Waals surface area contributed by atoms with Crippen molar-refractivity contribution < 1.29 is 9.52 Å². The number of hydrogen-bond acceptors (Lipinski definition) is 9. The van der Waals surface area contributed by atoms with Gasteiger partial charge in [-0.2, -0.15) is 4.98 Å². The fourth-order valence-electron chi connectivity index (χ4n) is 2.35. The molecule has 130 valence electrons. The first-order valence-electron chi connectivity index (χ1n) is 7.55. The summed E-state index contributed by atoms with van der Waals surface area (Å²) in [7, 11) is 0. The zero-order valence-electron chi connectivity index (χ0n) is 13.9. The summed E-state index contributed by atoms with van der Waals surface area (Å²) < 4.78 is 5.24. The molecule has 0 spiro atoms. The van der Waals surface area contributed by atoms with E-state index in [0.717, 1.165) is 0 Å². The third-order valence-electron chi connectivity index (χ3n) is 3.67. The van der Waals surface area contributed by atoms with Crippen LogP contribution in [0.5, 0.6) is 0 Å². The third kappa shape index (κ3) is 3.22. The fraction of sp³-hybridized carbons (Fsp3) is 0.250. The molecule has 9 nitrogen and oxygen atoms in total. The number of aliphatic hydroxyl groups excluding tert-OH is 1. The van der Waals surface area contributed by atoms with Crippen LogP contribution in [0.1, 0.15) is 25.0 Å². The van der Waals surface area contributed by atoms with Crippen LogP contribution in [0.4, 0.5) is 17.7 Å². The maximum Gasteiger partial charge on any atom is 0.292 e. The van der Waals surface area contributed by atoms with Crippen LogP contribution < -0.4 is 16.8 Å². The smallest absolute Gasteiger partial charge is 0.292 e. The minimum Gasteiger partial charge on any atom is -0.424 e. The molecule has 7 N–H and O–H groups in total. The molecular formula is C16H19N7O2.